The maximum atomic E-state index is 5.32. The van der Waals surface area contributed by atoms with E-state index < -0.39 is 0 Å². The van der Waals surface area contributed by atoms with Crippen molar-refractivity contribution >= 4 is 11.6 Å². The summed E-state index contributed by atoms with van der Waals surface area (Å²) in [5.41, 5.74) is 2.15. The summed E-state index contributed by atoms with van der Waals surface area (Å²) >= 11 is 0. The second kappa shape index (κ2) is 6.80. The summed E-state index contributed by atoms with van der Waals surface area (Å²) in [5, 5.41) is 12.2. The van der Waals surface area contributed by atoms with Crippen molar-refractivity contribution in [3.8, 4) is 11.4 Å². The van der Waals surface area contributed by atoms with Crippen molar-refractivity contribution in [2.24, 2.45) is 0 Å². The molecule has 7 nitrogen and oxygen atoms in total. The first-order valence-electron chi connectivity index (χ1n) is 8.33. The second-order valence-corrected chi connectivity index (χ2v) is 5.90. The molecule has 3 aromatic rings. The molecule has 1 aliphatic heterocycles. The van der Waals surface area contributed by atoms with Gasteiger partial charge >= 0.3 is 0 Å². The lowest BCUT2D eigenvalue weighted by atomic mass is 10.2. The van der Waals surface area contributed by atoms with E-state index in [-0.39, 0.29) is 0 Å². The molecule has 1 aromatic heterocycles. The van der Waals surface area contributed by atoms with Gasteiger partial charge in [-0.2, -0.15) is 4.68 Å². The standard InChI is InChI=1S/C18H20N6O/c1-25-17-9-5-8-16(14-17)22-10-12-23(13-11-22)18-19-20-21-24(18)15-6-3-2-4-7-15/h2-9,14H,10-13H2,1H3. The van der Waals surface area contributed by atoms with E-state index >= 15 is 0 Å². The zero-order valence-electron chi connectivity index (χ0n) is 14.1. The van der Waals surface area contributed by atoms with Crippen molar-refractivity contribution in [2.45, 2.75) is 0 Å². The first kappa shape index (κ1) is 15.4. The lowest BCUT2D eigenvalue weighted by Crippen LogP contribution is -2.47. The van der Waals surface area contributed by atoms with Gasteiger partial charge in [-0.1, -0.05) is 29.4 Å². The molecule has 0 amide bonds. The minimum Gasteiger partial charge on any atom is -0.497 e. The van der Waals surface area contributed by atoms with Gasteiger partial charge < -0.3 is 14.5 Å². The third-order valence-electron chi connectivity index (χ3n) is 4.43. The van der Waals surface area contributed by atoms with Crippen LogP contribution in [0.1, 0.15) is 0 Å². The zero-order chi connectivity index (χ0) is 17.1. The fourth-order valence-corrected chi connectivity index (χ4v) is 3.09. The van der Waals surface area contributed by atoms with Crippen LogP contribution in [0.2, 0.25) is 0 Å². The molecule has 2 aromatic carbocycles. The van der Waals surface area contributed by atoms with Crippen molar-refractivity contribution in [1.82, 2.24) is 20.2 Å². The van der Waals surface area contributed by atoms with E-state index in [2.05, 4.69) is 37.5 Å². The Labute approximate surface area is 146 Å². The highest BCUT2D eigenvalue weighted by molar-refractivity contribution is 5.52. The molecule has 1 aliphatic rings. The number of methoxy groups -OCH3 is 1. The number of hydrogen-bond acceptors (Lipinski definition) is 6. The largest absolute Gasteiger partial charge is 0.497 e. The van der Waals surface area contributed by atoms with Crippen LogP contribution >= 0.6 is 0 Å². The van der Waals surface area contributed by atoms with E-state index in [4.69, 9.17) is 4.74 Å². The number of rotatable bonds is 4. The average molecular weight is 336 g/mol. The molecule has 2 heterocycles. The van der Waals surface area contributed by atoms with Crippen molar-refractivity contribution in [3.63, 3.8) is 0 Å². The first-order chi connectivity index (χ1) is 12.3. The second-order valence-electron chi connectivity index (χ2n) is 5.90. The van der Waals surface area contributed by atoms with Crippen LogP contribution in [0.25, 0.3) is 5.69 Å². The molecule has 4 rings (SSSR count). The van der Waals surface area contributed by atoms with Gasteiger partial charge in [-0.3, -0.25) is 0 Å². The fourth-order valence-electron chi connectivity index (χ4n) is 3.09. The Morgan fingerprint density at radius 2 is 1.56 bits per heavy atom. The van der Waals surface area contributed by atoms with E-state index in [0.29, 0.717) is 0 Å². The van der Waals surface area contributed by atoms with E-state index in [9.17, 15) is 0 Å². The van der Waals surface area contributed by atoms with Crippen molar-refractivity contribution in [2.75, 3.05) is 43.1 Å². The van der Waals surface area contributed by atoms with Gasteiger partial charge in [0.25, 0.3) is 0 Å². The molecule has 0 radical (unpaired) electrons. The van der Waals surface area contributed by atoms with Gasteiger partial charge in [0.1, 0.15) is 5.75 Å². The van der Waals surface area contributed by atoms with Gasteiger partial charge in [-0.25, -0.2) is 0 Å². The lowest BCUT2D eigenvalue weighted by Gasteiger charge is -2.36. The van der Waals surface area contributed by atoms with Crippen LogP contribution < -0.4 is 14.5 Å². The lowest BCUT2D eigenvalue weighted by molar-refractivity contribution is 0.414. The number of tetrazole rings is 1. The van der Waals surface area contributed by atoms with E-state index in [1.54, 1.807) is 11.8 Å². The number of benzene rings is 2. The van der Waals surface area contributed by atoms with Crippen LogP contribution in [0.5, 0.6) is 5.75 Å². The Bertz CT molecular complexity index is 826. The first-order valence-corrected chi connectivity index (χ1v) is 8.33. The minimum atomic E-state index is 0.788. The SMILES string of the molecule is COc1cccc(N2CCN(c3nnnn3-c3ccccc3)CC2)c1. The summed E-state index contributed by atoms with van der Waals surface area (Å²) < 4.78 is 7.12. The number of piperazine rings is 1. The van der Waals surface area contributed by atoms with Crippen LogP contribution in [0.15, 0.2) is 54.6 Å². The predicted octanol–water partition coefficient (Wildman–Crippen LogP) is 2.00. The smallest absolute Gasteiger partial charge is 0.250 e. The molecule has 0 atom stereocenters. The van der Waals surface area contributed by atoms with E-state index in [1.165, 1.54) is 5.69 Å². The summed E-state index contributed by atoms with van der Waals surface area (Å²) in [5.74, 6) is 1.67. The molecule has 25 heavy (non-hydrogen) atoms. The van der Waals surface area contributed by atoms with Crippen molar-refractivity contribution in [1.29, 1.82) is 0 Å². The van der Waals surface area contributed by atoms with Gasteiger partial charge in [0.05, 0.1) is 12.8 Å². The third-order valence-corrected chi connectivity index (χ3v) is 4.43. The van der Waals surface area contributed by atoms with Gasteiger partial charge in [0.15, 0.2) is 0 Å². The van der Waals surface area contributed by atoms with Crippen LogP contribution in [0.3, 0.4) is 0 Å². The van der Waals surface area contributed by atoms with E-state index in [1.807, 2.05) is 42.5 Å². The third kappa shape index (κ3) is 3.13. The van der Waals surface area contributed by atoms with Gasteiger partial charge in [0, 0.05) is 37.9 Å². The molecule has 1 saturated heterocycles. The number of nitrogens with zero attached hydrogens (tertiary/aromatic N) is 6. The minimum absolute atomic E-state index is 0.788. The maximum Gasteiger partial charge on any atom is 0.250 e. The fraction of sp³-hybridized carbons (Fsp3) is 0.278. The van der Waals surface area contributed by atoms with Crippen LogP contribution in [-0.4, -0.2) is 53.5 Å². The summed E-state index contributed by atoms with van der Waals surface area (Å²) in [7, 11) is 1.69. The summed E-state index contributed by atoms with van der Waals surface area (Å²) in [6.07, 6.45) is 0. The Balaban J connectivity index is 1.49. The predicted molar refractivity (Wildman–Crippen MR) is 96.6 cm³/mol. The molecular formula is C18H20N6O. The Morgan fingerprint density at radius 1 is 0.840 bits per heavy atom. The van der Waals surface area contributed by atoms with Gasteiger partial charge in [-0.15, -0.1) is 0 Å². The average Bonchev–Trinajstić information content (AvgIpc) is 3.19. The van der Waals surface area contributed by atoms with Crippen LogP contribution in [-0.2, 0) is 0 Å². The Morgan fingerprint density at radius 3 is 2.32 bits per heavy atom. The molecular weight excluding hydrogens is 316 g/mol. The highest BCUT2D eigenvalue weighted by Crippen LogP contribution is 2.23. The van der Waals surface area contributed by atoms with Crippen LogP contribution in [0, 0.1) is 0 Å². The molecule has 7 heteroatoms. The summed E-state index contributed by atoms with van der Waals surface area (Å²) in [6.45, 7) is 3.55. The number of anilines is 2. The highest BCUT2D eigenvalue weighted by atomic mass is 16.5. The topological polar surface area (TPSA) is 59.3 Å². The van der Waals surface area contributed by atoms with Gasteiger partial charge in [-0.05, 0) is 34.7 Å². The summed E-state index contributed by atoms with van der Waals surface area (Å²) in [4.78, 5) is 4.58. The molecule has 0 unspecified atom stereocenters. The molecule has 128 valence electrons. The number of hydrogen-bond donors (Lipinski definition) is 0. The summed E-state index contributed by atoms with van der Waals surface area (Å²) in [6, 6.07) is 18.2. The molecule has 0 N–H and O–H groups in total. The van der Waals surface area contributed by atoms with Crippen LogP contribution in [0.4, 0.5) is 11.6 Å². The molecule has 0 saturated carbocycles. The molecule has 1 fully saturated rings. The number of para-hydroxylation sites is 1. The quantitative estimate of drug-likeness (QED) is 0.726. The van der Waals surface area contributed by atoms with Crippen molar-refractivity contribution < 1.29 is 4.74 Å². The maximum absolute atomic E-state index is 5.32. The molecule has 0 bridgehead atoms. The number of ether oxygens (including phenoxy) is 1. The van der Waals surface area contributed by atoms with Crippen molar-refractivity contribution in [3.05, 3.63) is 54.6 Å². The Hall–Kier alpha value is -3.09. The Kier molecular flexibility index (Phi) is 4.20. The zero-order valence-corrected chi connectivity index (χ0v) is 14.1. The molecule has 0 aliphatic carbocycles. The van der Waals surface area contributed by atoms with E-state index in [0.717, 1.165) is 43.6 Å². The van der Waals surface area contributed by atoms with Gasteiger partial charge in [0.2, 0.25) is 5.95 Å². The number of aromatic nitrogens is 4. The normalized spacial score (nSPS) is 14.6. The highest BCUT2D eigenvalue weighted by Gasteiger charge is 2.22. The monoisotopic (exact) mass is 336 g/mol. The molecule has 0 spiro atoms.